The van der Waals surface area contributed by atoms with Crippen molar-refractivity contribution < 1.29 is 19.3 Å². The highest BCUT2D eigenvalue weighted by atomic mass is 16.5. The number of pyridine rings is 1. The summed E-state index contributed by atoms with van der Waals surface area (Å²) in [6.07, 6.45) is 1.68. The number of carbonyl (C=O) groups is 1. The van der Waals surface area contributed by atoms with E-state index in [2.05, 4.69) is 10.3 Å². The van der Waals surface area contributed by atoms with Crippen molar-refractivity contribution in [2.75, 3.05) is 19.0 Å². The summed E-state index contributed by atoms with van der Waals surface area (Å²) in [5.74, 6) is 0.365. The number of rotatable bonds is 6. The predicted molar refractivity (Wildman–Crippen MR) is 96.8 cm³/mol. The van der Waals surface area contributed by atoms with Crippen LogP contribution in [-0.4, -0.2) is 19.7 Å². The van der Waals surface area contributed by atoms with Crippen molar-refractivity contribution in [2.45, 2.75) is 13.5 Å². The van der Waals surface area contributed by atoms with E-state index in [-0.39, 0.29) is 5.97 Å². The molecule has 1 aromatic heterocycles. The third kappa shape index (κ3) is 3.71. The highest BCUT2D eigenvalue weighted by Crippen LogP contribution is 2.28. The van der Waals surface area contributed by atoms with E-state index < -0.39 is 0 Å². The fraction of sp³-hybridized carbons (Fsp3) is 0.200. The first kappa shape index (κ1) is 16.8. The van der Waals surface area contributed by atoms with E-state index in [1.807, 2.05) is 48.5 Å². The van der Waals surface area contributed by atoms with Crippen molar-refractivity contribution in [2.24, 2.45) is 0 Å². The number of methoxy groups -OCH3 is 1. The van der Waals surface area contributed by atoms with Crippen LogP contribution in [0.4, 0.5) is 5.69 Å². The smallest absolute Gasteiger partial charge is 0.346 e. The van der Waals surface area contributed by atoms with Gasteiger partial charge in [0.15, 0.2) is 6.20 Å². The SMILES string of the molecule is CCOC(=O)c1c[nH+]c2ccc(OC)cc2c1NCc1ccccc1. The number of hydrogen-bond acceptors (Lipinski definition) is 4. The topological polar surface area (TPSA) is 61.7 Å². The van der Waals surface area contributed by atoms with Crippen molar-refractivity contribution in [1.82, 2.24) is 0 Å². The minimum atomic E-state index is -0.362. The van der Waals surface area contributed by atoms with Gasteiger partial charge in [-0.2, -0.15) is 0 Å². The lowest BCUT2D eigenvalue weighted by Crippen LogP contribution is -2.16. The maximum Gasteiger partial charge on any atom is 0.346 e. The number of benzene rings is 2. The van der Waals surface area contributed by atoms with Gasteiger partial charge in [0.1, 0.15) is 11.3 Å². The van der Waals surface area contributed by atoms with Gasteiger partial charge in [-0.25, -0.2) is 9.78 Å². The molecular formula is C20H21N2O3+. The Hall–Kier alpha value is -3.08. The zero-order chi connectivity index (χ0) is 17.6. The summed E-state index contributed by atoms with van der Waals surface area (Å²) in [5.41, 5.74) is 3.24. The van der Waals surface area contributed by atoms with Gasteiger partial charge in [-0.3, -0.25) is 0 Å². The van der Waals surface area contributed by atoms with Gasteiger partial charge in [-0.05, 0) is 24.6 Å². The number of nitrogens with one attached hydrogen (secondary N) is 2. The van der Waals surface area contributed by atoms with Crippen LogP contribution in [0.5, 0.6) is 5.75 Å². The normalized spacial score (nSPS) is 10.5. The zero-order valence-electron chi connectivity index (χ0n) is 14.3. The largest absolute Gasteiger partial charge is 0.497 e. The van der Waals surface area contributed by atoms with Crippen molar-refractivity contribution >= 4 is 22.6 Å². The molecule has 0 spiro atoms. The number of anilines is 1. The van der Waals surface area contributed by atoms with Gasteiger partial charge in [-0.15, -0.1) is 0 Å². The molecule has 3 rings (SSSR count). The Morgan fingerprint density at radius 1 is 1.16 bits per heavy atom. The standard InChI is InChI=1S/C20H20N2O3/c1-3-25-20(23)17-13-21-18-10-9-15(24-2)11-16(18)19(17)22-12-14-7-5-4-6-8-14/h4-11,13H,3,12H2,1-2H3,(H,21,22)/p+1. The lowest BCUT2D eigenvalue weighted by Gasteiger charge is -2.12. The summed E-state index contributed by atoms with van der Waals surface area (Å²) < 4.78 is 10.5. The van der Waals surface area contributed by atoms with Crippen molar-refractivity contribution in [1.29, 1.82) is 0 Å². The summed E-state index contributed by atoms with van der Waals surface area (Å²) in [5, 5.41) is 4.26. The van der Waals surface area contributed by atoms with Crippen LogP contribution in [0.25, 0.3) is 10.9 Å². The van der Waals surface area contributed by atoms with Gasteiger partial charge in [0.25, 0.3) is 0 Å². The molecule has 1 heterocycles. The molecule has 0 aliphatic rings. The Balaban J connectivity index is 2.05. The van der Waals surface area contributed by atoms with Crippen LogP contribution < -0.4 is 15.0 Å². The Labute approximate surface area is 146 Å². The molecule has 0 fully saturated rings. The lowest BCUT2D eigenvalue weighted by atomic mass is 10.1. The number of hydrogen-bond donors (Lipinski definition) is 1. The van der Waals surface area contributed by atoms with Crippen molar-refractivity contribution in [3.05, 3.63) is 65.9 Å². The Kier molecular flexibility index (Phi) is 5.14. The highest BCUT2D eigenvalue weighted by molar-refractivity contribution is 6.04. The van der Waals surface area contributed by atoms with E-state index in [9.17, 15) is 4.79 Å². The number of ether oxygens (including phenoxy) is 2. The second kappa shape index (κ2) is 7.66. The Morgan fingerprint density at radius 2 is 1.96 bits per heavy atom. The maximum atomic E-state index is 12.4. The molecule has 0 atom stereocenters. The predicted octanol–water partition coefficient (Wildman–Crippen LogP) is 3.45. The number of carbonyl (C=O) groups excluding carboxylic acids is 1. The molecule has 3 aromatic rings. The van der Waals surface area contributed by atoms with Crippen LogP contribution in [0.1, 0.15) is 22.8 Å². The van der Waals surface area contributed by atoms with Gasteiger partial charge in [0.2, 0.25) is 5.52 Å². The molecule has 0 saturated carbocycles. The van der Waals surface area contributed by atoms with E-state index in [1.54, 1.807) is 20.2 Å². The summed E-state index contributed by atoms with van der Waals surface area (Å²) in [7, 11) is 1.62. The zero-order valence-corrected chi connectivity index (χ0v) is 14.3. The first-order valence-electron chi connectivity index (χ1n) is 8.20. The van der Waals surface area contributed by atoms with Crippen LogP contribution in [0.3, 0.4) is 0 Å². The molecule has 0 saturated heterocycles. The number of aromatic amines is 1. The molecular weight excluding hydrogens is 316 g/mol. The lowest BCUT2D eigenvalue weighted by molar-refractivity contribution is -0.344. The first-order chi connectivity index (χ1) is 12.2. The van der Waals surface area contributed by atoms with Gasteiger partial charge >= 0.3 is 5.97 Å². The van der Waals surface area contributed by atoms with Gasteiger partial charge < -0.3 is 14.8 Å². The van der Waals surface area contributed by atoms with E-state index in [4.69, 9.17) is 9.47 Å². The van der Waals surface area contributed by atoms with Gasteiger partial charge in [0.05, 0.1) is 24.8 Å². The molecule has 128 valence electrons. The second-order valence-corrected chi connectivity index (χ2v) is 5.55. The minimum Gasteiger partial charge on any atom is -0.497 e. The van der Waals surface area contributed by atoms with E-state index in [0.717, 1.165) is 27.9 Å². The summed E-state index contributed by atoms with van der Waals surface area (Å²) in [4.78, 5) is 15.5. The van der Waals surface area contributed by atoms with E-state index >= 15 is 0 Å². The molecule has 5 nitrogen and oxygen atoms in total. The molecule has 2 N–H and O–H groups in total. The average Bonchev–Trinajstić information content (AvgIpc) is 2.66. The Morgan fingerprint density at radius 3 is 2.68 bits per heavy atom. The monoisotopic (exact) mass is 337 g/mol. The van der Waals surface area contributed by atoms with Crippen LogP contribution >= 0.6 is 0 Å². The van der Waals surface area contributed by atoms with Crippen molar-refractivity contribution in [3.8, 4) is 5.75 Å². The van der Waals surface area contributed by atoms with Crippen LogP contribution in [0.2, 0.25) is 0 Å². The van der Waals surface area contributed by atoms with Crippen LogP contribution in [0, 0.1) is 0 Å². The second-order valence-electron chi connectivity index (χ2n) is 5.55. The third-order valence-electron chi connectivity index (χ3n) is 3.94. The van der Waals surface area contributed by atoms with Gasteiger partial charge in [-0.1, -0.05) is 30.3 Å². The first-order valence-corrected chi connectivity index (χ1v) is 8.20. The highest BCUT2D eigenvalue weighted by Gasteiger charge is 2.20. The number of H-pyrrole nitrogens is 1. The maximum absolute atomic E-state index is 12.4. The summed E-state index contributed by atoms with van der Waals surface area (Å²) in [6, 6.07) is 15.7. The molecule has 0 unspecified atom stereocenters. The molecule has 2 aromatic carbocycles. The summed E-state index contributed by atoms with van der Waals surface area (Å²) in [6.45, 7) is 2.72. The fourth-order valence-electron chi connectivity index (χ4n) is 2.70. The van der Waals surface area contributed by atoms with Crippen molar-refractivity contribution in [3.63, 3.8) is 0 Å². The number of fused-ring (bicyclic) bond motifs is 1. The summed E-state index contributed by atoms with van der Waals surface area (Å²) >= 11 is 0. The van der Waals surface area contributed by atoms with E-state index in [1.165, 1.54) is 0 Å². The Bertz CT molecular complexity index is 879. The average molecular weight is 337 g/mol. The fourth-order valence-corrected chi connectivity index (χ4v) is 2.70. The number of esters is 1. The molecule has 0 radical (unpaired) electrons. The molecule has 25 heavy (non-hydrogen) atoms. The van der Waals surface area contributed by atoms with Crippen LogP contribution in [0.15, 0.2) is 54.7 Å². The number of aromatic nitrogens is 1. The molecule has 5 heteroatoms. The molecule has 0 aliphatic carbocycles. The quantitative estimate of drug-likeness (QED) is 0.700. The molecule has 0 amide bonds. The molecule has 0 aliphatic heterocycles. The van der Waals surface area contributed by atoms with Crippen LogP contribution in [-0.2, 0) is 11.3 Å². The molecule has 0 bridgehead atoms. The van der Waals surface area contributed by atoms with E-state index in [0.29, 0.717) is 18.7 Å². The van der Waals surface area contributed by atoms with Gasteiger partial charge in [0, 0.05) is 12.6 Å². The third-order valence-corrected chi connectivity index (χ3v) is 3.94. The minimum absolute atomic E-state index is 0.326.